The first-order valence-corrected chi connectivity index (χ1v) is 14.8. The largest absolute Gasteiger partial charge is 0.471 e. The van der Waals surface area contributed by atoms with Crippen LogP contribution in [0.15, 0.2) is 11.9 Å². The summed E-state index contributed by atoms with van der Waals surface area (Å²) in [5.74, 6) is -13.7. The SMILES string of the molecule is CCOC(=O)/C(F)=C\[C@H](C[C@@H]1CCNC1=O)NC(=O)[C@@H]1[C@@H]2CC[C@@H](CC2(F)F)N1C(=O)[C@@H](CC1CCC1)NC(=O)C(F)(F)F. The first kappa shape index (κ1) is 33.6. The lowest BCUT2D eigenvalue weighted by Crippen LogP contribution is -2.71. The third-order valence-corrected chi connectivity index (χ3v) is 8.96. The van der Waals surface area contributed by atoms with Crippen molar-refractivity contribution in [1.29, 1.82) is 0 Å². The lowest BCUT2D eigenvalue weighted by molar-refractivity contribution is -0.196. The highest BCUT2D eigenvalue weighted by atomic mass is 19.4. The highest BCUT2D eigenvalue weighted by Gasteiger charge is 2.61. The molecule has 0 aromatic heterocycles. The van der Waals surface area contributed by atoms with Crippen LogP contribution < -0.4 is 16.0 Å². The van der Waals surface area contributed by atoms with Crippen LogP contribution in [0.4, 0.5) is 26.3 Å². The molecule has 10 nitrogen and oxygen atoms in total. The van der Waals surface area contributed by atoms with E-state index in [9.17, 15) is 41.5 Å². The van der Waals surface area contributed by atoms with Gasteiger partial charge in [0.05, 0.1) is 18.6 Å². The molecule has 2 saturated carbocycles. The summed E-state index contributed by atoms with van der Waals surface area (Å²) in [7, 11) is 0. The molecule has 2 aliphatic carbocycles. The lowest BCUT2D eigenvalue weighted by Gasteiger charge is -2.54. The Balaban J connectivity index is 1.64. The van der Waals surface area contributed by atoms with E-state index in [0.29, 0.717) is 31.9 Å². The Morgan fingerprint density at radius 3 is 2.34 bits per heavy atom. The third kappa shape index (κ3) is 7.48. The predicted octanol–water partition coefficient (Wildman–Crippen LogP) is 2.67. The molecule has 5 fully saturated rings. The van der Waals surface area contributed by atoms with Crippen LogP contribution in [0, 0.1) is 17.8 Å². The number of halogens is 6. The smallest absolute Gasteiger partial charge is 0.461 e. The second-order valence-corrected chi connectivity index (χ2v) is 11.9. The lowest BCUT2D eigenvalue weighted by atomic mass is 9.71. The first-order valence-electron chi connectivity index (χ1n) is 14.8. The minimum absolute atomic E-state index is 0.0577. The molecule has 5 aliphatic rings. The van der Waals surface area contributed by atoms with E-state index in [1.807, 2.05) is 0 Å². The number of hydrogen-bond donors (Lipinski definition) is 3. The van der Waals surface area contributed by atoms with E-state index < -0.39 is 89.9 Å². The number of fused-ring (bicyclic) bond motifs is 3. The van der Waals surface area contributed by atoms with Gasteiger partial charge in [0.25, 0.3) is 5.92 Å². The number of amides is 4. The van der Waals surface area contributed by atoms with E-state index in [4.69, 9.17) is 0 Å². The zero-order valence-electron chi connectivity index (χ0n) is 24.1. The molecule has 0 unspecified atom stereocenters. The first-order chi connectivity index (χ1) is 20.6. The number of piperidine rings is 2. The zero-order valence-corrected chi connectivity index (χ0v) is 24.1. The van der Waals surface area contributed by atoms with Crippen molar-refractivity contribution < 1.29 is 55.1 Å². The Hall–Kier alpha value is -3.33. The summed E-state index contributed by atoms with van der Waals surface area (Å²) in [5.41, 5.74) is 0. The van der Waals surface area contributed by atoms with Gasteiger partial charge in [-0.1, -0.05) is 19.3 Å². The third-order valence-electron chi connectivity index (χ3n) is 8.96. The number of nitrogens with zero attached hydrogens (tertiary/aromatic N) is 1. The molecule has 3 N–H and O–H groups in total. The predicted molar refractivity (Wildman–Crippen MR) is 140 cm³/mol. The van der Waals surface area contributed by atoms with Crippen LogP contribution in [0.5, 0.6) is 0 Å². The van der Waals surface area contributed by atoms with E-state index in [1.165, 1.54) is 6.92 Å². The van der Waals surface area contributed by atoms with Gasteiger partial charge < -0.3 is 25.6 Å². The Labute approximate surface area is 249 Å². The van der Waals surface area contributed by atoms with Gasteiger partial charge in [-0.05, 0) is 51.0 Å². The average molecular weight is 639 g/mol. The van der Waals surface area contributed by atoms with Gasteiger partial charge in [-0.25, -0.2) is 13.6 Å². The molecule has 3 heterocycles. The number of alkyl halides is 5. The molecular weight excluding hydrogens is 602 g/mol. The van der Waals surface area contributed by atoms with Gasteiger partial charge in [-0.2, -0.15) is 17.6 Å². The maximum absolute atomic E-state index is 15.2. The summed E-state index contributed by atoms with van der Waals surface area (Å²) in [4.78, 5) is 64.4. The summed E-state index contributed by atoms with van der Waals surface area (Å²) in [6.07, 6.45) is -3.60. The van der Waals surface area contributed by atoms with Gasteiger partial charge in [0.2, 0.25) is 23.5 Å². The highest BCUT2D eigenvalue weighted by Crippen LogP contribution is 2.49. The molecule has 246 valence electrons. The van der Waals surface area contributed by atoms with Gasteiger partial charge in [-0.15, -0.1) is 0 Å². The van der Waals surface area contributed by atoms with Gasteiger partial charge in [0.15, 0.2) is 0 Å². The molecule has 44 heavy (non-hydrogen) atoms. The second kappa shape index (κ2) is 13.3. The van der Waals surface area contributed by atoms with E-state index >= 15 is 8.78 Å². The van der Waals surface area contributed by atoms with Crippen LogP contribution in [0.3, 0.4) is 0 Å². The topological polar surface area (TPSA) is 134 Å². The van der Waals surface area contributed by atoms with Gasteiger partial charge in [0.1, 0.15) is 12.1 Å². The maximum atomic E-state index is 15.2. The summed E-state index contributed by atoms with van der Waals surface area (Å²) < 4.78 is 89.1. The van der Waals surface area contributed by atoms with Crippen molar-refractivity contribution in [1.82, 2.24) is 20.9 Å². The molecule has 3 aliphatic heterocycles. The zero-order chi connectivity index (χ0) is 32.4. The number of carbonyl (C=O) groups excluding carboxylic acids is 5. The van der Waals surface area contributed by atoms with Crippen LogP contribution in [-0.4, -0.2) is 83.9 Å². The number of hydrogen-bond acceptors (Lipinski definition) is 6. The van der Waals surface area contributed by atoms with Crippen molar-refractivity contribution >= 4 is 29.6 Å². The molecule has 0 aromatic carbocycles. The van der Waals surface area contributed by atoms with E-state index in [0.717, 1.165) is 11.3 Å². The second-order valence-electron chi connectivity index (χ2n) is 11.9. The normalized spacial score (nSPS) is 28.0. The standard InChI is InChI=1S/C28H36F6N4O6/c1-2-44-25(42)19(29)12-16(11-15-8-9-35-22(15)39)36-23(40)21-18-7-6-17(13-27(18,30)31)38(21)24(41)20(10-14-4-3-5-14)37-26(43)28(32,33)34/h12,14-18,20-21H,2-11,13H2,1H3,(H,35,39)(H,36,40)(H,37,43)/b19-12+/t15-,16-,17-,18-,20+,21-/m0/s1. The molecule has 4 amide bonds. The van der Waals surface area contributed by atoms with Crippen molar-refractivity contribution in [2.24, 2.45) is 17.8 Å². The van der Waals surface area contributed by atoms with E-state index in [1.54, 1.807) is 5.32 Å². The van der Waals surface area contributed by atoms with E-state index in [2.05, 4.69) is 15.4 Å². The highest BCUT2D eigenvalue weighted by molar-refractivity contribution is 5.94. The Kier molecular flexibility index (Phi) is 10.2. The maximum Gasteiger partial charge on any atom is 0.471 e. The van der Waals surface area contributed by atoms with Crippen molar-refractivity contribution in [2.75, 3.05) is 13.2 Å². The van der Waals surface area contributed by atoms with Gasteiger partial charge >= 0.3 is 18.1 Å². The van der Waals surface area contributed by atoms with E-state index in [-0.39, 0.29) is 38.2 Å². The number of nitrogens with one attached hydrogen (secondary N) is 3. The van der Waals surface area contributed by atoms with Crippen LogP contribution in [-0.2, 0) is 28.7 Å². The number of rotatable bonds is 11. The fraction of sp³-hybridized carbons (Fsp3) is 0.750. The molecule has 0 radical (unpaired) electrons. The van der Waals surface area contributed by atoms with Gasteiger partial charge in [-0.3, -0.25) is 19.2 Å². The summed E-state index contributed by atoms with van der Waals surface area (Å²) in [6.45, 7) is 1.58. The minimum Gasteiger partial charge on any atom is -0.461 e. The van der Waals surface area contributed by atoms with Crippen LogP contribution in [0.1, 0.15) is 64.7 Å². The molecule has 16 heteroatoms. The van der Waals surface area contributed by atoms with Crippen molar-refractivity contribution in [3.05, 3.63) is 11.9 Å². The number of carbonyl (C=O) groups is 5. The molecule has 5 rings (SSSR count). The van der Waals surface area contributed by atoms with Crippen LogP contribution >= 0.6 is 0 Å². The number of esters is 1. The molecule has 6 atom stereocenters. The summed E-state index contributed by atoms with van der Waals surface area (Å²) in [5, 5.41) is 6.69. The fourth-order valence-corrected chi connectivity index (χ4v) is 6.59. The Morgan fingerprint density at radius 2 is 1.80 bits per heavy atom. The Morgan fingerprint density at radius 1 is 1.09 bits per heavy atom. The number of ether oxygens (including phenoxy) is 1. The summed E-state index contributed by atoms with van der Waals surface area (Å²) in [6, 6.07) is -6.15. The van der Waals surface area contributed by atoms with Crippen molar-refractivity contribution in [2.45, 2.75) is 101 Å². The molecule has 2 bridgehead atoms. The monoisotopic (exact) mass is 638 g/mol. The van der Waals surface area contributed by atoms with Crippen LogP contribution in [0.2, 0.25) is 0 Å². The quantitative estimate of drug-likeness (QED) is 0.181. The Bertz CT molecular complexity index is 1180. The minimum atomic E-state index is -5.31. The molecule has 0 spiro atoms. The molecular formula is C28H36F6N4O6. The van der Waals surface area contributed by atoms with Crippen molar-refractivity contribution in [3.63, 3.8) is 0 Å². The van der Waals surface area contributed by atoms with Gasteiger partial charge in [0, 0.05) is 24.9 Å². The molecule has 3 saturated heterocycles. The van der Waals surface area contributed by atoms with Crippen LogP contribution in [0.25, 0.3) is 0 Å². The molecule has 0 aromatic rings. The average Bonchev–Trinajstić information content (AvgIpc) is 3.31. The fourth-order valence-electron chi connectivity index (χ4n) is 6.59. The summed E-state index contributed by atoms with van der Waals surface area (Å²) >= 11 is 0. The van der Waals surface area contributed by atoms with Crippen molar-refractivity contribution in [3.8, 4) is 0 Å².